The summed E-state index contributed by atoms with van der Waals surface area (Å²) in [5.74, 6) is 1.33. The molecule has 1 aromatic carbocycles. The van der Waals surface area contributed by atoms with Crippen molar-refractivity contribution in [2.24, 2.45) is 13.0 Å². The fraction of sp³-hybridized carbons (Fsp3) is 0.476. The Morgan fingerprint density at radius 1 is 1.13 bits per heavy atom. The van der Waals surface area contributed by atoms with E-state index in [0.29, 0.717) is 57.0 Å². The number of nitrogens with zero attached hydrogens (tertiary/aromatic N) is 2. The Morgan fingerprint density at radius 3 is 2.57 bits per heavy atom. The van der Waals surface area contributed by atoms with Crippen molar-refractivity contribution in [1.29, 1.82) is 0 Å². The molecule has 3 heterocycles. The van der Waals surface area contributed by atoms with Gasteiger partial charge in [-0.15, -0.1) is 0 Å². The predicted octanol–water partition coefficient (Wildman–Crippen LogP) is 1.56. The smallest absolute Gasteiger partial charge is 0.244 e. The van der Waals surface area contributed by atoms with E-state index in [2.05, 4.69) is 5.32 Å². The van der Waals surface area contributed by atoms with Gasteiger partial charge in [0.1, 0.15) is 13.2 Å². The van der Waals surface area contributed by atoms with Crippen molar-refractivity contribution >= 4 is 15.9 Å². The van der Waals surface area contributed by atoms with Crippen molar-refractivity contribution in [3.05, 3.63) is 42.2 Å². The summed E-state index contributed by atoms with van der Waals surface area (Å²) in [5.41, 5.74) is 1.07. The highest BCUT2D eigenvalue weighted by atomic mass is 32.2. The molecule has 1 N–H and O–H groups in total. The number of aryl methyl sites for hydroxylation is 1. The van der Waals surface area contributed by atoms with E-state index in [0.717, 1.165) is 17.1 Å². The Hall–Kier alpha value is -2.52. The normalized spacial score (nSPS) is 17.6. The van der Waals surface area contributed by atoms with Gasteiger partial charge in [-0.1, -0.05) is 6.07 Å². The molecule has 0 unspecified atom stereocenters. The standard InChI is InChI=1S/C21H27N3O5S/c1-23-9-7-18(15-23)30(26,27)24-10-5-17(6-11-24)21(25)22-8-4-16-2-3-19-20(14-16)29-13-12-28-19/h2-3,7,9,14-15,17H,4-6,8,10-13H2,1H3,(H,22,25). The minimum atomic E-state index is -3.49. The fourth-order valence-electron chi connectivity index (χ4n) is 3.86. The largest absolute Gasteiger partial charge is 0.486 e. The quantitative estimate of drug-likeness (QED) is 0.747. The molecule has 1 saturated heterocycles. The van der Waals surface area contributed by atoms with Gasteiger partial charge in [0.2, 0.25) is 15.9 Å². The lowest BCUT2D eigenvalue weighted by atomic mass is 9.97. The highest BCUT2D eigenvalue weighted by molar-refractivity contribution is 7.89. The van der Waals surface area contributed by atoms with Gasteiger partial charge in [0.15, 0.2) is 11.5 Å². The molecule has 30 heavy (non-hydrogen) atoms. The number of aromatic nitrogens is 1. The van der Waals surface area contributed by atoms with Crippen LogP contribution in [0.4, 0.5) is 0 Å². The number of amides is 1. The third-order valence-electron chi connectivity index (χ3n) is 5.59. The summed E-state index contributed by atoms with van der Waals surface area (Å²) in [6, 6.07) is 7.43. The molecule has 0 spiro atoms. The Bertz CT molecular complexity index is 1010. The van der Waals surface area contributed by atoms with Crippen molar-refractivity contribution in [1.82, 2.24) is 14.2 Å². The number of rotatable bonds is 6. The van der Waals surface area contributed by atoms with Crippen LogP contribution in [0.1, 0.15) is 18.4 Å². The van der Waals surface area contributed by atoms with Crippen LogP contribution >= 0.6 is 0 Å². The summed E-state index contributed by atoms with van der Waals surface area (Å²) in [6.07, 6.45) is 5.08. The number of carbonyl (C=O) groups is 1. The van der Waals surface area contributed by atoms with Gasteiger partial charge in [0.05, 0.1) is 4.90 Å². The lowest BCUT2D eigenvalue weighted by Gasteiger charge is -2.30. The molecule has 0 atom stereocenters. The summed E-state index contributed by atoms with van der Waals surface area (Å²) in [5, 5.41) is 2.99. The van der Waals surface area contributed by atoms with Gasteiger partial charge >= 0.3 is 0 Å². The van der Waals surface area contributed by atoms with E-state index in [1.165, 1.54) is 4.31 Å². The number of sulfonamides is 1. The number of ether oxygens (including phenoxy) is 2. The van der Waals surface area contributed by atoms with E-state index in [9.17, 15) is 13.2 Å². The summed E-state index contributed by atoms with van der Waals surface area (Å²) in [6.45, 7) is 2.36. The van der Waals surface area contributed by atoms with Crippen LogP contribution in [0.25, 0.3) is 0 Å². The first kappa shape index (κ1) is 20.7. The van der Waals surface area contributed by atoms with Crippen LogP contribution in [-0.2, 0) is 28.3 Å². The second-order valence-electron chi connectivity index (χ2n) is 7.71. The second-order valence-corrected chi connectivity index (χ2v) is 9.65. The van der Waals surface area contributed by atoms with E-state index >= 15 is 0 Å². The summed E-state index contributed by atoms with van der Waals surface area (Å²) < 4.78 is 39.7. The molecule has 2 aliphatic heterocycles. The monoisotopic (exact) mass is 433 g/mol. The maximum absolute atomic E-state index is 12.7. The minimum absolute atomic E-state index is 0.00991. The molecule has 9 heteroatoms. The first-order chi connectivity index (χ1) is 14.4. The summed E-state index contributed by atoms with van der Waals surface area (Å²) in [4.78, 5) is 12.8. The molecular weight excluding hydrogens is 406 g/mol. The Kier molecular flexibility index (Phi) is 6.01. The number of nitrogens with one attached hydrogen (secondary N) is 1. The van der Waals surface area contributed by atoms with Crippen LogP contribution in [0.2, 0.25) is 0 Å². The van der Waals surface area contributed by atoms with Crippen molar-refractivity contribution in [3.63, 3.8) is 0 Å². The number of hydrogen-bond acceptors (Lipinski definition) is 5. The molecule has 162 valence electrons. The summed E-state index contributed by atoms with van der Waals surface area (Å²) in [7, 11) is -1.70. The van der Waals surface area contributed by atoms with Gasteiger partial charge in [-0.05, 0) is 43.0 Å². The van der Waals surface area contributed by atoms with Crippen LogP contribution in [0.5, 0.6) is 11.5 Å². The van der Waals surface area contributed by atoms with Crippen molar-refractivity contribution in [2.75, 3.05) is 32.8 Å². The SMILES string of the molecule is Cn1ccc(S(=O)(=O)N2CCC(C(=O)NCCc3ccc4c(c3)OCCO4)CC2)c1. The number of piperidine rings is 1. The Labute approximate surface area is 176 Å². The third-order valence-corrected chi connectivity index (χ3v) is 7.47. The molecule has 1 aromatic heterocycles. The van der Waals surface area contributed by atoms with Crippen molar-refractivity contribution in [2.45, 2.75) is 24.2 Å². The van der Waals surface area contributed by atoms with E-state index < -0.39 is 10.0 Å². The Morgan fingerprint density at radius 2 is 1.87 bits per heavy atom. The van der Waals surface area contributed by atoms with Gasteiger partial charge in [-0.3, -0.25) is 4.79 Å². The zero-order valence-corrected chi connectivity index (χ0v) is 17.9. The zero-order valence-electron chi connectivity index (χ0n) is 17.0. The average Bonchev–Trinajstić information content (AvgIpc) is 3.21. The van der Waals surface area contributed by atoms with E-state index in [1.54, 1.807) is 30.1 Å². The van der Waals surface area contributed by atoms with Crippen LogP contribution in [0, 0.1) is 5.92 Å². The molecular formula is C21H27N3O5S. The van der Waals surface area contributed by atoms with E-state index in [1.807, 2.05) is 18.2 Å². The lowest BCUT2D eigenvalue weighted by molar-refractivity contribution is -0.126. The number of fused-ring (bicyclic) bond motifs is 1. The van der Waals surface area contributed by atoms with Gasteiger partial charge in [0, 0.05) is 45.0 Å². The average molecular weight is 434 g/mol. The molecule has 0 bridgehead atoms. The van der Waals surface area contributed by atoms with Crippen molar-refractivity contribution in [3.8, 4) is 11.5 Å². The number of benzene rings is 1. The Balaban J connectivity index is 1.25. The maximum Gasteiger partial charge on any atom is 0.244 e. The van der Waals surface area contributed by atoms with E-state index in [4.69, 9.17) is 9.47 Å². The number of carbonyl (C=O) groups excluding carboxylic acids is 1. The lowest BCUT2D eigenvalue weighted by Crippen LogP contribution is -2.43. The topological polar surface area (TPSA) is 89.9 Å². The first-order valence-electron chi connectivity index (χ1n) is 10.2. The molecule has 2 aromatic rings. The van der Waals surface area contributed by atoms with Gasteiger partial charge in [0.25, 0.3) is 0 Å². The summed E-state index contributed by atoms with van der Waals surface area (Å²) >= 11 is 0. The second kappa shape index (κ2) is 8.69. The van der Waals surface area contributed by atoms with E-state index in [-0.39, 0.29) is 11.8 Å². The van der Waals surface area contributed by atoms with Crippen LogP contribution in [0.15, 0.2) is 41.6 Å². The maximum atomic E-state index is 12.7. The highest BCUT2D eigenvalue weighted by Gasteiger charge is 2.32. The van der Waals surface area contributed by atoms with Gasteiger partial charge < -0.3 is 19.4 Å². The first-order valence-corrected chi connectivity index (χ1v) is 11.7. The predicted molar refractivity (Wildman–Crippen MR) is 111 cm³/mol. The molecule has 8 nitrogen and oxygen atoms in total. The van der Waals surface area contributed by atoms with Gasteiger partial charge in [-0.25, -0.2) is 8.42 Å². The van der Waals surface area contributed by atoms with Crippen LogP contribution < -0.4 is 14.8 Å². The molecule has 0 saturated carbocycles. The molecule has 4 rings (SSSR count). The zero-order chi connectivity index (χ0) is 21.1. The molecule has 0 aliphatic carbocycles. The molecule has 1 fully saturated rings. The molecule has 1 amide bonds. The van der Waals surface area contributed by atoms with Gasteiger partial charge in [-0.2, -0.15) is 4.31 Å². The fourth-order valence-corrected chi connectivity index (χ4v) is 5.38. The van der Waals surface area contributed by atoms with Crippen LogP contribution in [0.3, 0.4) is 0 Å². The van der Waals surface area contributed by atoms with Crippen LogP contribution in [-0.4, -0.2) is 56.0 Å². The minimum Gasteiger partial charge on any atom is -0.486 e. The molecule has 2 aliphatic rings. The molecule has 0 radical (unpaired) electrons. The highest BCUT2D eigenvalue weighted by Crippen LogP contribution is 2.30. The number of hydrogen-bond donors (Lipinski definition) is 1. The van der Waals surface area contributed by atoms with Crippen molar-refractivity contribution < 1.29 is 22.7 Å². The third kappa shape index (κ3) is 4.46.